The number of hydrogen-bond donors (Lipinski definition) is 1. The van der Waals surface area contributed by atoms with E-state index in [9.17, 15) is 9.59 Å². The van der Waals surface area contributed by atoms with E-state index in [4.69, 9.17) is 9.47 Å². The van der Waals surface area contributed by atoms with E-state index < -0.39 is 6.04 Å². The number of nitrogens with zero attached hydrogens (tertiary/aromatic N) is 2. The first-order chi connectivity index (χ1) is 12.6. The van der Waals surface area contributed by atoms with Crippen molar-refractivity contribution >= 4 is 11.9 Å². The maximum Gasteiger partial charge on any atom is 0.322 e. The van der Waals surface area contributed by atoms with Crippen LogP contribution in [0.4, 0.5) is 4.79 Å². The smallest absolute Gasteiger partial charge is 0.322 e. The van der Waals surface area contributed by atoms with Crippen molar-refractivity contribution in [3.63, 3.8) is 0 Å². The molecule has 3 aliphatic rings. The van der Waals surface area contributed by atoms with Crippen LogP contribution in [0.25, 0.3) is 0 Å². The van der Waals surface area contributed by atoms with Crippen molar-refractivity contribution < 1.29 is 19.1 Å². The largest absolute Gasteiger partial charge is 0.497 e. The predicted molar refractivity (Wildman–Crippen MR) is 94.6 cm³/mol. The van der Waals surface area contributed by atoms with Gasteiger partial charge in [-0.05, 0) is 30.5 Å². The number of ether oxygens (including phenoxy) is 2. The molecule has 0 spiro atoms. The Bertz CT molecular complexity index is 753. The van der Waals surface area contributed by atoms with Crippen LogP contribution < -0.4 is 10.1 Å². The molecule has 0 unspecified atom stereocenters. The number of rotatable bonds is 4. The van der Waals surface area contributed by atoms with Crippen LogP contribution >= 0.6 is 0 Å². The summed E-state index contributed by atoms with van der Waals surface area (Å²) in [6.07, 6.45) is 2.10. The number of carbonyl (C=O) groups is 2. The van der Waals surface area contributed by atoms with E-state index in [1.165, 1.54) is 0 Å². The molecule has 0 aliphatic carbocycles. The van der Waals surface area contributed by atoms with E-state index in [1.54, 1.807) is 24.0 Å². The highest BCUT2D eigenvalue weighted by Crippen LogP contribution is 2.36. The molecule has 1 aromatic rings. The zero-order valence-electron chi connectivity index (χ0n) is 15.0. The molecule has 0 saturated carbocycles. The van der Waals surface area contributed by atoms with E-state index in [2.05, 4.69) is 5.32 Å². The van der Waals surface area contributed by atoms with Gasteiger partial charge in [0.15, 0.2) is 0 Å². The topological polar surface area (TPSA) is 71.1 Å². The van der Waals surface area contributed by atoms with Gasteiger partial charge in [-0.15, -0.1) is 0 Å². The van der Waals surface area contributed by atoms with Crippen molar-refractivity contribution in [1.82, 2.24) is 15.1 Å². The molecule has 1 fully saturated rings. The molecule has 3 amide bonds. The molecule has 3 aliphatic heterocycles. The number of urea groups is 1. The summed E-state index contributed by atoms with van der Waals surface area (Å²) >= 11 is 0. The highest BCUT2D eigenvalue weighted by atomic mass is 16.5. The summed E-state index contributed by atoms with van der Waals surface area (Å²) in [7, 11) is 3.31. The van der Waals surface area contributed by atoms with Crippen molar-refractivity contribution in [3.05, 3.63) is 41.1 Å². The van der Waals surface area contributed by atoms with Crippen molar-refractivity contribution in [2.24, 2.45) is 0 Å². The lowest BCUT2D eigenvalue weighted by molar-refractivity contribution is -0.127. The molecule has 3 heterocycles. The lowest BCUT2D eigenvalue weighted by Crippen LogP contribution is -2.45. The Labute approximate surface area is 152 Å². The van der Waals surface area contributed by atoms with Crippen LogP contribution in [0.5, 0.6) is 5.75 Å². The molecule has 1 saturated heterocycles. The Hall–Kier alpha value is -2.54. The molecule has 7 nitrogen and oxygen atoms in total. The minimum atomic E-state index is -0.443. The second-order valence-corrected chi connectivity index (χ2v) is 6.90. The van der Waals surface area contributed by atoms with Gasteiger partial charge in [0.2, 0.25) is 0 Å². The van der Waals surface area contributed by atoms with E-state index in [-0.39, 0.29) is 18.0 Å². The average molecular weight is 357 g/mol. The third kappa shape index (κ3) is 2.82. The summed E-state index contributed by atoms with van der Waals surface area (Å²) in [6.45, 7) is 1.78. The lowest BCUT2D eigenvalue weighted by Gasteiger charge is -2.31. The quantitative estimate of drug-likeness (QED) is 0.890. The third-order valence-electron chi connectivity index (χ3n) is 5.33. The van der Waals surface area contributed by atoms with Crippen LogP contribution in [-0.4, -0.2) is 61.7 Å². The molecule has 26 heavy (non-hydrogen) atoms. The normalized spacial score (nSPS) is 25.6. The maximum atomic E-state index is 13.1. The first-order valence-corrected chi connectivity index (χ1v) is 8.90. The monoisotopic (exact) mass is 357 g/mol. The number of likely N-dealkylation sites (N-methyl/N-ethyl adjacent to an activating group) is 1. The highest BCUT2D eigenvalue weighted by Gasteiger charge is 2.43. The van der Waals surface area contributed by atoms with Crippen LogP contribution in [0.3, 0.4) is 0 Å². The molecule has 138 valence electrons. The minimum Gasteiger partial charge on any atom is -0.497 e. The summed E-state index contributed by atoms with van der Waals surface area (Å²) in [5.74, 6) is 0.711. The molecule has 1 N–H and O–H groups in total. The standard InChI is InChI=1S/C19H23N3O4/c1-21-15-11-22(10-14-4-3-9-26-14)18(23)16(15)17(20-19(21)24)12-5-7-13(25-2)8-6-12/h5-8,14,17H,3-4,9-11H2,1-2H3,(H,20,24)/t14-,17-/m1/s1. The van der Waals surface area contributed by atoms with Crippen LogP contribution in [0.15, 0.2) is 35.5 Å². The Kier molecular flexibility index (Phi) is 4.32. The second kappa shape index (κ2) is 6.64. The Morgan fingerprint density at radius 2 is 2.04 bits per heavy atom. The van der Waals surface area contributed by atoms with Gasteiger partial charge in [0.25, 0.3) is 5.91 Å². The number of methoxy groups -OCH3 is 1. The van der Waals surface area contributed by atoms with Crippen molar-refractivity contribution in [1.29, 1.82) is 0 Å². The van der Waals surface area contributed by atoms with Gasteiger partial charge in [-0.25, -0.2) is 4.79 Å². The number of amides is 3. The lowest BCUT2D eigenvalue weighted by atomic mass is 9.95. The van der Waals surface area contributed by atoms with Gasteiger partial charge in [-0.2, -0.15) is 0 Å². The average Bonchev–Trinajstić information content (AvgIpc) is 3.28. The first kappa shape index (κ1) is 16.9. The number of carbonyl (C=O) groups excluding carboxylic acids is 2. The summed E-state index contributed by atoms with van der Waals surface area (Å²) in [6, 6.07) is 6.80. The van der Waals surface area contributed by atoms with Crippen molar-refractivity contribution in [3.8, 4) is 5.75 Å². The maximum absolute atomic E-state index is 13.1. The van der Waals surface area contributed by atoms with Gasteiger partial charge in [-0.3, -0.25) is 9.69 Å². The summed E-state index contributed by atoms with van der Waals surface area (Å²) in [5.41, 5.74) is 2.29. The Morgan fingerprint density at radius 1 is 1.27 bits per heavy atom. The fourth-order valence-corrected chi connectivity index (χ4v) is 3.85. The van der Waals surface area contributed by atoms with Crippen LogP contribution in [0.2, 0.25) is 0 Å². The SMILES string of the molecule is COc1ccc([C@H]2NC(=O)N(C)C3=C2C(=O)N(C[C@H]2CCCO2)C3)cc1. The highest BCUT2D eigenvalue weighted by molar-refractivity contribution is 6.01. The number of hydrogen-bond acceptors (Lipinski definition) is 4. The van der Waals surface area contributed by atoms with E-state index in [1.807, 2.05) is 24.3 Å². The minimum absolute atomic E-state index is 0.0248. The van der Waals surface area contributed by atoms with Gasteiger partial charge in [0.05, 0.1) is 37.1 Å². The van der Waals surface area contributed by atoms with Crippen LogP contribution in [0, 0.1) is 0 Å². The van der Waals surface area contributed by atoms with Gasteiger partial charge >= 0.3 is 6.03 Å². The van der Waals surface area contributed by atoms with E-state index >= 15 is 0 Å². The molecule has 0 bridgehead atoms. The Balaban J connectivity index is 1.62. The molecule has 2 atom stereocenters. The molecular formula is C19H23N3O4. The number of benzene rings is 1. The number of nitrogens with one attached hydrogen (secondary N) is 1. The zero-order chi connectivity index (χ0) is 18.3. The van der Waals surface area contributed by atoms with Gasteiger partial charge in [-0.1, -0.05) is 12.1 Å². The Morgan fingerprint density at radius 3 is 2.69 bits per heavy atom. The molecule has 1 aromatic carbocycles. The molecule has 7 heteroatoms. The molecule has 0 aromatic heterocycles. The van der Waals surface area contributed by atoms with Gasteiger partial charge in [0.1, 0.15) is 5.75 Å². The third-order valence-corrected chi connectivity index (χ3v) is 5.33. The summed E-state index contributed by atoms with van der Waals surface area (Å²) in [5, 5.41) is 2.95. The van der Waals surface area contributed by atoms with E-state index in [0.29, 0.717) is 18.7 Å². The second-order valence-electron chi connectivity index (χ2n) is 6.90. The van der Waals surface area contributed by atoms with Gasteiger partial charge < -0.3 is 19.7 Å². The summed E-state index contributed by atoms with van der Waals surface area (Å²) < 4.78 is 10.9. The molecular weight excluding hydrogens is 334 g/mol. The molecule has 0 radical (unpaired) electrons. The van der Waals surface area contributed by atoms with Crippen molar-refractivity contribution in [2.75, 3.05) is 33.9 Å². The van der Waals surface area contributed by atoms with E-state index in [0.717, 1.165) is 36.5 Å². The van der Waals surface area contributed by atoms with Gasteiger partial charge in [0, 0.05) is 20.2 Å². The fraction of sp³-hybridized carbons (Fsp3) is 0.474. The molecule has 4 rings (SSSR count). The zero-order valence-corrected chi connectivity index (χ0v) is 15.0. The predicted octanol–water partition coefficient (Wildman–Crippen LogP) is 1.67. The fourth-order valence-electron chi connectivity index (χ4n) is 3.85. The summed E-state index contributed by atoms with van der Waals surface area (Å²) in [4.78, 5) is 28.8. The van der Waals surface area contributed by atoms with Crippen molar-refractivity contribution in [2.45, 2.75) is 25.0 Å². The van der Waals surface area contributed by atoms with Crippen LogP contribution in [0.1, 0.15) is 24.4 Å². The van der Waals surface area contributed by atoms with Crippen LogP contribution in [-0.2, 0) is 9.53 Å². The first-order valence-electron chi connectivity index (χ1n) is 8.90.